The zero-order valence-corrected chi connectivity index (χ0v) is 16.0. The summed E-state index contributed by atoms with van der Waals surface area (Å²) in [5.74, 6) is -1.13. The topological polar surface area (TPSA) is 55.8 Å². The molecule has 1 atom stereocenters. The zero-order chi connectivity index (χ0) is 20.6. The first-order valence-electron chi connectivity index (χ1n) is 9.06. The summed E-state index contributed by atoms with van der Waals surface area (Å²) in [6, 6.07) is 18.8. The van der Waals surface area contributed by atoms with Crippen LogP contribution in [0.1, 0.15) is 22.3 Å². The largest absolute Gasteiger partial charge is 0.505 e. The second-order valence-electron chi connectivity index (χ2n) is 6.78. The summed E-state index contributed by atoms with van der Waals surface area (Å²) in [6.45, 7) is 0. The lowest BCUT2D eigenvalue weighted by molar-refractivity contribution is -0.143. The normalized spacial score (nSPS) is 17.4. The van der Waals surface area contributed by atoms with Gasteiger partial charge in [0.1, 0.15) is 11.2 Å². The Morgan fingerprint density at radius 3 is 2.38 bits per heavy atom. The van der Waals surface area contributed by atoms with Gasteiger partial charge in [-0.25, -0.2) is 4.39 Å². The van der Waals surface area contributed by atoms with E-state index in [0.29, 0.717) is 22.4 Å². The van der Waals surface area contributed by atoms with Gasteiger partial charge in [-0.05, 0) is 58.2 Å². The summed E-state index contributed by atoms with van der Waals surface area (Å²) in [5.41, 5.74) is 2.00. The van der Waals surface area contributed by atoms with Crippen molar-refractivity contribution in [1.82, 2.24) is 0 Å². The number of hydrogen-bond acceptors (Lipinski definition) is 4. The fraction of sp³-hybridized carbons (Fsp3) is 0.125. The van der Waals surface area contributed by atoms with Crippen LogP contribution < -0.4 is 4.74 Å². The number of fused-ring (bicyclic) bond motifs is 1. The summed E-state index contributed by atoms with van der Waals surface area (Å²) in [6.07, 6.45) is 1.92. The smallest absolute Gasteiger partial charge is 0.325 e. The van der Waals surface area contributed by atoms with Gasteiger partial charge in [-0.15, -0.1) is 0 Å². The minimum absolute atomic E-state index is 0.381. The Hall–Kier alpha value is -3.60. The van der Waals surface area contributed by atoms with Crippen LogP contribution in [0.25, 0.3) is 11.6 Å². The van der Waals surface area contributed by atoms with E-state index in [1.165, 1.54) is 19.2 Å². The molecule has 1 unspecified atom stereocenters. The predicted octanol–water partition coefficient (Wildman–Crippen LogP) is 4.55. The van der Waals surface area contributed by atoms with Crippen molar-refractivity contribution in [3.8, 4) is 11.5 Å². The van der Waals surface area contributed by atoms with Gasteiger partial charge in [0.2, 0.25) is 0 Å². The van der Waals surface area contributed by atoms with E-state index in [1.54, 1.807) is 25.3 Å². The van der Waals surface area contributed by atoms with Gasteiger partial charge in [-0.1, -0.05) is 42.5 Å². The Kier molecular flexibility index (Phi) is 4.59. The number of ether oxygens (including phenoxy) is 2. The highest BCUT2D eigenvalue weighted by Crippen LogP contribution is 2.52. The quantitative estimate of drug-likeness (QED) is 0.664. The summed E-state index contributed by atoms with van der Waals surface area (Å²) < 4.78 is 24.8. The first-order valence-corrected chi connectivity index (χ1v) is 9.06. The minimum atomic E-state index is -1.37. The van der Waals surface area contributed by atoms with Crippen molar-refractivity contribution in [2.75, 3.05) is 14.2 Å². The highest BCUT2D eigenvalue weighted by molar-refractivity contribution is 6.11. The van der Waals surface area contributed by atoms with Crippen LogP contribution >= 0.6 is 0 Å². The van der Waals surface area contributed by atoms with E-state index in [-0.39, 0.29) is 0 Å². The molecule has 0 saturated heterocycles. The molecule has 0 aliphatic heterocycles. The Labute approximate surface area is 167 Å². The molecule has 0 spiro atoms. The second kappa shape index (κ2) is 7.09. The van der Waals surface area contributed by atoms with E-state index in [2.05, 4.69) is 0 Å². The highest BCUT2D eigenvalue weighted by Gasteiger charge is 2.51. The third kappa shape index (κ3) is 2.78. The molecule has 1 N–H and O–H groups in total. The fourth-order valence-corrected chi connectivity index (χ4v) is 3.99. The van der Waals surface area contributed by atoms with Crippen LogP contribution in [0.5, 0.6) is 11.5 Å². The molecule has 3 aromatic rings. The highest BCUT2D eigenvalue weighted by atomic mass is 19.1. The van der Waals surface area contributed by atoms with Crippen molar-refractivity contribution in [2.24, 2.45) is 0 Å². The molecule has 1 aliphatic carbocycles. The van der Waals surface area contributed by atoms with Crippen molar-refractivity contribution in [2.45, 2.75) is 5.41 Å². The molecule has 4 nitrogen and oxygen atoms in total. The maximum Gasteiger partial charge on any atom is 0.325 e. The van der Waals surface area contributed by atoms with Crippen molar-refractivity contribution in [1.29, 1.82) is 0 Å². The van der Waals surface area contributed by atoms with Gasteiger partial charge < -0.3 is 14.6 Å². The van der Waals surface area contributed by atoms with Crippen LogP contribution in [-0.2, 0) is 14.9 Å². The molecule has 146 valence electrons. The van der Waals surface area contributed by atoms with Crippen molar-refractivity contribution in [3.05, 3.63) is 94.8 Å². The number of esters is 1. The Bertz CT molecular complexity index is 1120. The number of hydrogen-bond donors (Lipinski definition) is 1. The number of aromatic hydroxyl groups is 1. The molecular weight excluding hydrogens is 371 g/mol. The molecule has 0 amide bonds. The number of benzene rings is 3. The maximum atomic E-state index is 14.3. The average molecular weight is 390 g/mol. The molecule has 1 aliphatic rings. The first kappa shape index (κ1) is 18.7. The summed E-state index contributed by atoms with van der Waals surface area (Å²) >= 11 is 0. The van der Waals surface area contributed by atoms with E-state index >= 15 is 0 Å². The van der Waals surface area contributed by atoms with Crippen LogP contribution in [0.3, 0.4) is 0 Å². The molecule has 0 fully saturated rings. The fourth-order valence-electron chi connectivity index (χ4n) is 3.99. The number of carbonyl (C=O) groups excluding carboxylic acids is 1. The van der Waals surface area contributed by atoms with Gasteiger partial charge in [0.15, 0.2) is 11.6 Å². The first-order chi connectivity index (χ1) is 14.0. The number of halogens is 1. The number of methoxy groups -OCH3 is 2. The molecular formula is C24H19FO4. The van der Waals surface area contributed by atoms with E-state index in [9.17, 15) is 14.3 Å². The molecule has 3 aromatic carbocycles. The van der Waals surface area contributed by atoms with Gasteiger partial charge in [0.25, 0.3) is 0 Å². The SMILES string of the molecule is COC(=O)C1(c2ccc(O)c(F)c2)C(c2ccc(OC)cc2)=Cc2ccccc21. The standard InChI is InChI=1S/C24H19FO4/c1-28-18-10-7-15(8-11-18)20-13-16-5-3-4-6-19(16)24(20,23(27)29-2)17-9-12-22(26)21(25)14-17/h3-14,26H,1-2H3. The zero-order valence-electron chi connectivity index (χ0n) is 16.0. The van der Waals surface area contributed by atoms with Gasteiger partial charge in [0.05, 0.1) is 14.2 Å². The average Bonchev–Trinajstić information content (AvgIpc) is 3.11. The van der Waals surface area contributed by atoms with E-state index in [0.717, 1.165) is 11.1 Å². The number of phenolic OH excluding ortho intramolecular Hbond substituents is 1. The van der Waals surface area contributed by atoms with Crippen molar-refractivity contribution in [3.63, 3.8) is 0 Å². The molecule has 0 radical (unpaired) electrons. The van der Waals surface area contributed by atoms with Crippen molar-refractivity contribution < 1.29 is 23.8 Å². The Morgan fingerprint density at radius 2 is 1.72 bits per heavy atom. The van der Waals surface area contributed by atoms with Crippen molar-refractivity contribution >= 4 is 17.6 Å². The molecule has 0 heterocycles. The number of carbonyl (C=O) groups is 1. The molecule has 29 heavy (non-hydrogen) atoms. The lowest BCUT2D eigenvalue weighted by atomic mass is 9.69. The Balaban J connectivity index is 2.04. The van der Waals surface area contributed by atoms with E-state index in [1.807, 2.05) is 42.5 Å². The number of phenols is 1. The predicted molar refractivity (Wildman–Crippen MR) is 108 cm³/mol. The van der Waals surface area contributed by atoms with Crippen LogP contribution in [0.4, 0.5) is 4.39 Å². The number of rotatable bonds is 4. The summed E-state index contributed by atoms with van der Waals surface area (Å²) in [5, 5.41) is 9.68. The molecule has 0 aromatic heterocycles. The third-order valence-corrected chi connectivity index (χ3v) is 5.34. The summed E-state index contributed by atoms with van der Waals surface area (Å²) in [7, 11) is 2.89. The lowest BCUT2D eigenvalue weighted by Crippen LogP contribution is -2.38. The minimum Gasteiger partial charge on any atom is -0.505 e. The van der Waals surface area contributed by atoms with Gasteiger partial charge >= 0.3 is 5.97 Å². The van der Waals surface area contributed by atoms with Gasteiger partial charge in [-0.2, -0.15) is 0 Å². The lowest BCUT2D eigenvalue weighted by Gasteiger charge is -2.32. The Morgan fingerprint density at radius 1 is 1.00 bits per heavy atom. The van der Waals surface area contributed by atoms with Crippen LogP contribution in [-0.4, -0.2) is 25.3 Å². The van der Waals surface area contributed by atoms with Gasteiger partial charge in [-0.3, -0.25) is 4.79 Å². The van der Waals surface area contributed by atoms with E-state index in [4.69, 9.17) is 9.47 Å². The molecule has 0 saturated carbocycles. The molecule has 5 heteroatoms. The van der Waals surface area contributed by atoms with Crippen LogP contribution in [0, 0.1) is 5.82 Å². The van der Waals surface area contributed by atoms with Crippen LogP contribution in [0.2, 0.25) is 0 Å². The second-order valence-corrected chi connectivity index (χ2v) is 6.78. The molecule has 0 bridgehead atoms. The van der Waals surface area contributed by atoms with Crippen LogP contribution in [0.15, 0.2) is 66.7 Å². The third-order valence-electron chi connectivity index (χ3n) is 5.34. The maximum absolute atomic E-state index is 14.3. The van der Waals surface area contributed by atoms with E-state index < -0.39 is 23.0 Å². The summed E-state index contributed by atoms with van der Waals surface area (Å²) in [4.78, 5) is 13.3. The van der Waals surface area contributed by atoms with Gasteiger partial charge in [0, 0.05) is 0 Å². The monoisotopic (exact) mass is 390 g/mol. The molecule has 4 rings (SSSR count).